The highest BCUT2D eigenvalue weighted by Gasteiger charge is 2.36. The van der Waals surface area contributed by atoms with E-state index < -0.39 is 63.5 Å². The summed E-state index contributed by atoms with van der Waals surface area (Å²) >= 11 is 0. The van der Waals surface area contributed by atoms with Gasteiger partial charge in [0, 0.05) is 18.9 Å². The lowest BCUT2D eigenvalue weighted by Gasteiger charge is -2.32. The zero-order valence-corrected chi connectivity index (χ0v) is 25.5. The van der Waals surface area contributed by atoms with E-state index in [-0.39, 0.29) is 23.7 Å². The SMILES string of the molecule is CCCCS(=O)(=O)CC(NC(=O)c1cccnc1)C(=O)N[C@@H](Cc1ccccc1)[C@@H](O)[C@H](O)C(C)C(=O)NCC(C)C. The molecule has 2 aromatic rings. The van der Waals surface area contributed by atoms with Crippen molar-refractivity contribution >= 4 is 27.6 Å². The molecule has 1 heterocycles. The van der Waals surface area contributed by atoms with E-state index in [4.69, 9.17) is 0 Å². The van der Waals surface area contributed by atoms with Crippen LogP contribution >= 0.6 is 0 Å². The van der Waals surface area contributed by atoms with Crippen molar-refractivity contribution in [1.82, 2.24) is 20.9 Å². The number of sulfone groups is 1. The van der Waals surface area contributed by atoms with Gasteiger partial charge in [-0.15, -0.1) is 0 Å². The standard InChI is InChI=1S/C30H44N4O7S/c1-5-6-15-42(40,41)19-25(34-29(38)23-13-10-14-31-18-23)30(39)33-24(16-22-11-8-7-9-12-22)27(36)26(35)21(4)28(37)32-17-20(2)3/h7-14,18,20-21,24-27,35-36H,5-6,15-17,19H2,1-4H3,(H,32,37)(H,33,39)(H,34,38)/t21?,24-,25?,26+,27+/m0/s1. The predicted molar refractivity (Wildman–Crippen MR) is 160 cm³/mol. The summed E-state index contributed by atoms with van der Waals surface area (Å²) in [5, 5.41) is 30.1. The summed E-state index contributed by atoms with van der Waals surface area (Å²) in [6.45, 7) is 7.55. The molecule has 232 valence electrons. The monoisotopic (exact) mass is 604 g/mol. The Hall–Kier alpha value is -3.35. The first kappa shape index (κ1) is 34.8. The topological polar surface area (TPSA) is 175 Å². The van der Waals surface area contributed by atoms with Gasteiger partial charge < -0.3 is 26.2 Å². The lowest BCUT2D eigenvalue weighted by atomic mass is 9.90. The van der Waals surface area contributed by atoms with Gasteiger partial charge in [-0.05, 0) is 36.5 Å². The normalized spacial score (nSPS) is 15.2. The number of aliphatic hydroxyl groups is 2. The Kier molecular flexibility index (Phi) is 14.1. The number of aromatic nitrogens is 1. The number of unbranched alkanes of at least 4 members (excludes halogenated alkanes) is 1. The number of pyridine rings is 1. The van der Waals surface area contributed by atoms with Gasteiger partial charge in [0.15, 0.2) is 9.84 Å². The van der Waals surface area contributed by atoms with Gasteiger partial charge in [-0.3, -0.25) is 19.4 Å². The number of rotatable bonds is 17. The van der Waals surface area contributed by atoms with Gasteiger partial charge in [0.25, 0.3) is 5.91 Å². The fourth-order valence-electron chi connectivity index (χ4n) is 4.19. The summed E-state index contributed by atoms with van der Waals surface area (Å²) in [7, 11) is -3.74. The van der Waals surface area contributed by atoms with E-state index in [1.165, 1.54) is 31.5 Å². The number of carbonyl (C=O) groups is 3. The maximum atomic E-state index is 13.6. The Bertz CT molecular complexity index is 1240. The lowest BCUT2D eigenvalue weighted by molar-refractivity contribution is -0.132. The van der Waals surface area contributed by atoms with E-state index in [9.17, 15) is 33.0 Å². The van der Waals surface area contributed by atoms with Gasteiger partial charge >= 0.3 is 0 Å². The minimum atomic E-state index is -3.74. The number of amides is 3. The van der Waals surface area contributed by atoms with Crippen LogP contribution in [0.2, 0.25) is 0 Å². The highest BCUT2D eigenvalue weighted by molar-refractivity contribution is 7.91. The van der Waals surface area contributed by atoms with Gasteiger partial charge in [0.1, 0.15) is 12.1 Å². The first-order chi connectivity index (χ1) is 19.8. The van der Waals surface area contributed by atoms with E-state index in [0.29, 0.717) is 19.4 Å². The highest BCUT2D eigenvalue weighted by atomic mass is 32.2. The lowest BCUT2D eigenvalue weighted by Crippen LogP contribution is -2.58. The van der Waals surface area contributed by atoms with Crippen LogP contribution in [0, 0.1) is 11.8 Å². The molecule has 0 radical (unpaired) electrons. The zero-order chi connectivity index (χ0) is 31.3. The van der Waals surface area contributed by atoms with Crippen molar-refractivity contribution in [3.05, 3.63) is 66.0 Å². The number of benzene rings is 1. The fourth-order valence-corrected chi connectivity index (χ4v) is 5.82. The zero-order valence-electron chi connectivity index (χ0n) is 24.7. The smallest absolute Gasteiger partial charge is 0.253 e. The minimum absolute atomic E-state index is 0.0665. The van der Waals surface area contributed by atoms with Crippen LogP contribution < -0.4 is 16.0 Å². The van der Waals surface area contributed by atoms with Crippen LogP contribution in [0.1, 0.15) is 56.5 Å². The fraction of sp³-hybridized carbons (Fsp3) is 0.533. The van der Waals surface area contributed by atoms with E-state index in [2.05, 4.69) is 20.9 Å². The van der Waals surface area contributed by atoms with Gasteiger partial charge in [-0.1, -0.05) is 64.4 Å². The number of carbonyl (C=O) groups excluding carboxylic acids is 3. The Morgan fingerprint density at radius 2 is 1.62 bits per heavy atom. The van der Waals surface area contributed by atoms with Gasteiger partial charge in [-0.2, -0.15) is 0 Å². The molecule has 42 heavy (non-hydrogen) atoms. The third-order valence-corrected chi connectivity index (χ3v) is 8.53. The molecule has 1 aromatic heterocycles. The second-order valence-electron chi connectivity index (χ2n) is 10.9. The number of hydrogen-bond donors (Lipinski definition) is 5. The third kappa shape index (κ3) is 11.5. The number of nitrogens with one attached hydrogen (secondary N) is 3. The first-order valence-corrected chi connectivity index (χ1v) is 16.1. The molecule has 0 bridgehead atoms. The van der Waals surface area contributed by atoms with Crippen molar-refractivity contribution in [2.45, 2.75) is 71.2 Å². The quantitative estimate of drug-likeness (QED) is 0.179. The summed E-state index contributed by atoms with van der Waals surface area (Å²) in [6.07, 6.45) is 0.705. The molecule has 5 N–H and O–H groups in total. The Labute approximate surface area is 248 Å². The van der Waals surface area contributed by atoms with Crippen molar-refractivity contribution in [3.63, 3.8) is 0 Å². The molecule has 1 aromatic carbocycles. The molecule has 11 nitrogen and oxygen atoms in total. The van der Waals surface area contributed by atoms with Crippen LogP contribution in [-0.2, 0) is 25.8 Å². The van der Waals surface area contributed by atoms with Gasteiger partial charge in [-0.25, -0.2) is 8.42 Å². The second-order valence-corrected chi connectivity index (χ2v) is 13.2. The largest absolute Gasteiger partial charge is 0.390 e. The molecule has 0 aliphatic carbocycles. The Balaban J connectivity index is 2.33. The van der Waals surface area contributed by atoms with Crippen LogP contribution in [0.25, 0.3) is 0 Å². The van der Waals surface area contributed by atoms with E-state index in [1.54, 1.807) is 30.3 Å². The highest BCUT2D eigenvalue weighted by Crippen LogP contribution is 2.16. The van der Waals surface area contributed by atoms with Crippen molar-refractivity contribution in [1.29, 1.82) is 0 Å². The van der Waals surface area contributed by atoms with Crippen LogP contribution in [0.4, 0.5) is 0 Å². The van der Waals surface area contributed by atoms with E-state index >= 15 is 0 Å². The Morgan fingerprint density at radius 1 is 0.929 bits per heavy atom. The van der Waals surface area contributed by atoms with Gasteiger partial charge in [0.2, 0.25) is 11.8 Å². The minimum Gasteiger partial charge on any atom is -0.390 e. The average molecular weight is 605 g/mol. The predicted octanol–water partition coefficient (Wildman–Crippen LogP) is 1.25. The van der Waals surface area contributed by atoms with E-state index in [0.717, 1.165) is 5.56 Å². The molecule has 2 unspecified atom stereocenters. The number of hydrogen-bond acceptors (Lipinski definition) is 8. The molecule has 2 rings (SSSR count). The molecule has 5 atom stereocenters. The summed E-state index contributed by atoms with van der Waals surface area (Å²) in [5.74, 6) is -3.64. The van der Waals surface area contributed by atoms with Crippen LogP contribution in [-0.4, -0.2) is 83.7 Å². The summed E-state index contributed by atoms with van der Waals surface area (Å²) < 4.78 is 25.7. The molecule has 0 saturated heterocycles. The average Bonchev–Trinajstić information content (AvgIpc) is 2.97. The van der Waals surface area contributed by atoms with Gasteiger partial charge in [0.05, 0.1) is 35.1 Å². The second kappa shape index (κ2) is 16.9. The number of nitrogens with zero attached hydrogens (tertiary/aromatic N) is 1. The maximum Gasteiger partial charge on any atom is 0.253 e. The molecule has 12 heteroatoms. The summed E-state index contributed by atoms with van der Waals surface area (Å²) in [6, 6.07) is 9.30. The summed E-state index contributed by atoms with van der Waals surface area (Å²) in [5.41, 5.74) is 0.858. The molecule has 0 saturated carbocycles. The van der Waals surface area contributed by atoms with Crippen LogP contribution in [0.15, 0.2) is 54.9 Å². The third-order valence-electron chi connectivity index (χ3n) is 6.77. The first-order valence-electron chi connectivity index (χ1n) is 14.2. The molecular formula is C30H44N4O7S. The van der Waals surface area contributed by atoms with Crippen molar-refractivity contribution < 1.29 is 33.0 Å². The summed E-state index contributed by atoms with van der Waals surface area (Å²) in [4.78, 5) is 43.0. The van der Waals surface area contributed by atoms with Crippen molar-refractivity contribution in [3.8, 4) is 0 Å². The molecule has 0 aliphatic rings. The molecule has 3 amide bonds. The number of aliphatic hydroxyl groups excluding tert-OH is 2. The molecular weight excluding hydrogens is 560 g/mol. The molecule has 0 aliphatic heterocycles. The van der Waals surface area contributed by atoms with Crippen LogP contribution in [0.3, 0.4) is 0 Å². The maximum absolute atomic E-state index is 13.6. The van der Waals surface area contributed by atoms with Crippen molar-refractivity contribution in [2.75, 3.05) is 18.1 Å². The molecule has 0 spiro atoms. The van der Waals surface area contributed by atoms with Crippen molar-refractivity contribution in [2.24, 2.45) is 11.8 Å². The van der Waals surface area contributed by atoms with Crippen LogP contribution in [0.5, 0.6) is 0 Å². The molecule has 0 fully saturated rings. The Morgan fingerprint density at radius 3 is 2.21 bits per heavy atom. The van der Waals surface area contributed by atoms with E-state index in [1.807, 2.05) is 20.8 Å².